The SMILES string of the molecule is F[B-](F)(F)F.[NH3+]c1ccc(/C=C/C(=O)O)cc1. The van der Waals surface area contributed by atoms with Gasteiger partial charge in [-0.3, -0.25) is 0 Å². The summed E-state index contributed by atoms with van der Waals surface area (Å²) in [6.07, 6.45) is 2.65. The highest BCUT2D eigenvalue weighted by Crippen LogP contribution is 2.06. The summed E-state index contributed by atoms with van der Waals surface area (Å²) in [6.45, 7) is 0. The minimum absolute atomic E-state index is 0.866. The van der Waals surface area contributed by atoms with Crippen LogP contribution in [-0.4, -0.2) is 18.3 Å². The lowest BCUT2D eigenvalue weighted by Gasteiger charge is -1.94. The largest absolute Gasteiger partial charge is 0.673 e. The smallest absolute Gasteiger partial charge is 0.478 e. The summed E-state index contributed by atoms with van der Waals surface area (Å²) < 4.78 is 39.0. The van der Waals surface area contributed by atoms with Crippen molar-refractivity contribution in [2.45, 2.75) is 0 Å². The quantitative estimate of drug-likeness (QED) is 0.479. The fourth-order valence-corrected chi connectivity index (χ4v) is 0.796. The van der Waals surface area contributed by atoms with Crippen molar-refractivity contribution in [3.05, 3.63) is 35.9 Å². The Hall–Kier alpha value is -1.83. The van der Waals surface area contributed by atoms with Crippen LogP contribution in [0.5, 0.6) is 0 Å². The number of rotatable bonds is 2. The molecule has 94 valence electrons. The van der Waals surface area contributed by atoms with Crippen molar-refractivity contribution >= 4 is 25.0 Å². The molecule has 0 aliphatic heterocycles. The predicted molar refractivity (Wildman–Crippen MR) is 55.8 cm³/mol. The lowest BCUT2D eigenvalue weighted by Crippen LogP contribution is -2.39. The number of hydrogen-bond acceptors (Lipinski definition) is 1. The molecule has 0 heterocycles. The Bertz CT molecular complexity index is 383. The first-order valence-electron chi connectivity index (χ1n) is 4.39. The van der Waals surface area contributed by atoms with Gasteiger partial charge in [-0.15, -0.1) is 0 Å². The van der Waals surface area contributed by atoms with Gasteiger partial charge in [0.05, 0.1) is 0 Å². The lowest BCUT2D eigenvalue weighted by atomic mass is 10.2. The first-order chi connectivity index (χ1) is 7.68. The maximum atomic E-state index is 10.1. The molecule has 0 atom stereocenters. The molecule has 0 saturated carbocycles. The van der Waals surface area contributed by atoms with E-state index in [2.05, 4.69) is 5.73 Å². The molecule has 0 aliphatic carbocycles. The van der Waals surface area contributed by atoms with E-state index in [1.165, 1.54) is 0 Å². The summed E-state index contributed by atoms with van der Waals surface area (Å²) in [6, 6.07) is 7.31. The van der Waals surface area contributed by atoms with Crippen LogP contribution in [0.1, 0.15) is 5.56 Å². The van der Waals surface area contributed by atoms with Crippen LogP contribution in [0.15, 0.2) is 30.3 Å². The zero-order valence-corrected chi connectivity index (χ0v) is 8.62. The molecule has 17 heavy (non-hydrogen) atoms. The molecule has 0 saturated heterocycles. The molecule has 1 aromatic carbocycles. The molecule has 0 amide bonds. The standard InChI is InChI=1S/C9H9NO2.BF4/c10-8-4-1-7(2-5-8)3-6-9(11)12;2-1(3,4)5/h1-6H,10H2,(H,11,12);/q;-1/p+1/b6-3+;. The molecular formula is C9H10BF4NO2. The topological polar surface area (TPSA) is 64.9 Å². The molecule has 0 bridgehead atoms. The Kier molecular flexibility index (Phi) is 5.97. The average Bonchev–Trinajstić information content (AvgIpc) is 2.14. The van der Waals surface area contributed by atoms with Crippen LogP contribution in [0.2, 0.25) is 0 Å². The van der Waals surface area contributed by atoms with E-state index in [0.717, 1.165) is 17.3 Å². The molecule has 0 unspecified atom stereocenters. The third-order valence-corrected chi connectivity index (χ3v) is 1.40. The molecule has 8 heteroatoms. The maximum absolute atomic E-state index is 10.1. The van der Waals surface area contributed by atoms with E-state index in [9.17, 15) is 22.1 Å². The first kappa shape index (κ1) is 15.2. The van der Waals surface area contributed by atoms with Crippen molar-refractivity contribution < 1.29 is 32.9 Å². The van der Waals surface area contributed by atoms with Gasteiger partial charge in [0.25, 0.3) is 0 Å². The highest BCUT2D eigenvalue weighted by atomic mass is 19.5. The number of quaternary nitrogens is 1. The average molecular weight is 251 g/mol. The summed E-state index contributed by atoms with van der Waals surface area (Å²) in [5, 5.41) is 8.33. The second-order valence-electron chi connectivity index (χ2n) is 2.91. The zero-order valence-electron chi connectivity index (χ0n) is 8.62. The third-order valence-electron chi connectivity index (χ3n) is 1.40. The fraction of sp³-hybridized carbons (Fsp3) is 0. The highest BCUT2D eigenvalue weighted by molar-refractivity contribution is 6.50. The molecule has 0 fully saturated rings. The highest BCUT2D eigenvalue weighted by Gasteiger charge is 2.20. The van der Waals surface area contributed by atoms with Gasteiger partial charge in [0.1, 0.15) is 5.69 Å². The van der Waals surface area contributed by atoms with Crippen molar-refractivity contribution in [2.75, 3.05) is 0 Å². The van der Waals surface area contributed by atoms with Crippen LogP contribution in [0.25, 0.3) is 6.08 Å². The Morgan fingerprint density at radius 3 is 1.94 bits per heavy atom. The molecule has 0 aliphatic rings. The van der Waals surface area contributed by atoms with E-state index in [-0.39, 0.29) is 0 Å². The van der Waals surface area contributed by atoms with Crippen molar-refractivity contribution in [1.82, 2.24) is 0 Å². The Balaban J connectivity index is 0.000000437. The second-order valence-corrected chi connectivity index (χ2v) is 2.91. The summed E-state index contributed by atoms with van der Waals surface area (Å²) in [4.78, 5) is 10.1. The van der Waals surface area contributed by atoms with Gasteiger partial charge >= 0.3 is 13.2 Å². The number of halogens is 4. The molecule has 3 nitrogen and oxygen atoms in total. The summed E-state index contributed by atoms with van der Waals surface area (Å²) in [5.74, 6) is -0.936. The Morgan fingerprint density at radius 1 is 1.18 bits per heavy atom. The van der Waals surface area contributed by atoms with E-state index >= 15 is 0 Å². The van der Waals surface area contributed by atoms with Crippen molar-refractivity contribution in [2.24, 2.45) is 0 Å². The van der Waals surface area contributed by atoms with Crippen LogP contribution >= 0.6 is 0 Å². The summed E-state index contributed by atoms with van der Waals surface area (Å²) in [5.41, 5.74) is 5.50. The van der Waals surface area contributed by atoms with E-state index in [1.54, 1.807) is 6.08 Å². The number of aliphatic carboxylic acids is 1. The normalized spacial score (nSPS) is 10.9. The van der Waals surface area contributed by atoms with Gasteiger partial charge in [0, 0.05) is 6.08 Å². The van der Waals surface area contributed by atoms with Gasteiger partial charge in [0.2, 0.25) is 0 Å². The van der Waals surface area contributed by atoms with Gasteiger partial charge in [-0.1, -0.05) is 0 Å². The Labute approximate surface area is 94.7 Å². The van der Waals surface area contributed by atoms with Crippen LogP contribution in [0, 0.1) is 0 Å². The number of benzene rings is 1. The molecule has 0 aromatic heterocycles. The zero-order chi connectivity index (χ0) is 13.5. The van der Waals surface area contributed by atoms with Gasteiger partial charge in [-0.05, 0) is 35.9 Å². The van der Waals surface area contributed by atoms with Crippen LogP contribution in [0.4, 0.5) is 23.0 Å². The summed E-state index contributed by atoms with van der Waals surface area (Å²) >= 11 is 0. The maximum Gasteiger partial charge on any atom is 0.673 e. The van der Waals surface area contributed by atoms with Gasteiger partial charge in [-0.2, -0.15) is 0 Å². The predicted octanol–water partition coefficient (Wildman–Crippen LogP) is 1.96. The van der Waals surface area contributed by atoms with Crippen LogP contribution < -0.4 is 5.73 Å². The molecule has 0 radical (unpaired) electrons. The van der Waals surface area contributed by atoms with E-state index in [0.29, 0.717) is 0 Å². The van der Waals surface area contributed by atoms with Crippen molar-refractivity contribution in [1.29, 1.82) is 0 Å². The minimum atomic E-state index is -6.00. The number of carboxylic acid groups (broad SMARTS) is 1. The van der Waals surface area contributed by atoms with E-state index in [1.807, 2.05) is 24.3 Å². The monoisotopic (exact) mass is 251 g/mol. The van der Waals surface area contributed by atoms with Crippen LogP contribution in [0.3, 0.4) is 0 Å². The number of carbonyl (C=O) groups is 1. The number of hydrogen-bond donors (Lipinski definition) is 2. The first-order valence-corrected chi connectivity index (χ1v) is 4.39. The third kappa shape index (κ3) is 12.1. The molecule has 0 spiro atoms. The van der Waals surface area contributed by atoms with Gasteiger partial charge in [0.15, 0.2) is 0 Å². The minimum Gasteiger partial charge on any atom is -0.478 e. The molecule has 1 aromatic rings. The van der Waals surface area contributed by atoms with Gasteiger partial charge in [-0.25, -0.2) is 4.79 Å². The van der Waals surface area contributed by atoms with Crippen LogP contribution in [-0.2, 0) is 4.79 Å². The second kappa shape index (κ2) is 6.69. The van der Waals surface area contributed by atoms with Crippen molar-refractivity contribution in [3.8, 4) is 0 Å². The van der Waals surface area contributed by atoms with E-state index in [4.69, 9.17) is 5.11 Å². The fourth-order valence-electron chi connectivity index (χ4n) is 0.796. The van der Waals surface area contributed by atoms with E-state index < -0.39 is 13.2 Å². The molecular weight excluding hydrogens is 241 g/mol. The Morgan fingerprint density at radius 2 is 1.59 bits per heavy atom. The number of carboxylic acids is 1. The molecule has 4 N–H and O–H groups in total. The van der Waals surface area contributed by atoms with Crippen molar-refractivity contribution in [3.63, 3.8) is 0 Å². The lowest BCUT2D eigenvalue weighted by molar-refractivity contribution is -0.254. The van der Waals surface area contributed by atoms with Gasteiger partial charge < -0.3 is 28.1 Å². The summed E-state index contributed by atoms with van der Waals surface area (Å²) in [7, 11) is -6.00. The molecule has 1 rings (SSSR count).